The summed E-state index contributed by atoms with van der Waals surface area (Å²) in [5.41, 5.74) is 0.793. The van der Waals surface area contributed by atoms with Crippen LogP contribution in [-0.4, -0.2) is 35.3 Å². The average molecular weight is 409 g/mol. The van der Waals surface area contributed by atoms with E-state index in [1.54, 1.807) is 44.9 Å². The molecule has 3 aromatic rings. The Morgan fingerprint density at radius 3 is 2.83 bits per heavy atom. The molecule has 24 heavy (non-hydrogen) atoms. The minimum absolute atomic E-state index is 0.356. The van der Waals surface area contributed by atoms with Crippen LogP contribution in [0.15, 0.2) is 44.5 Å². The van der Waals surface area contributed by atoms with Crippen molar-refractivity contribution in [2.24, 2.45) is 5.10 Å². The monoisotopic (exact) mass is 408 g/mol. The molecule has 2 heterocycles. The van der Waals surface area contributed by atoms with Gasteiger partial charge in [0.2, 0.25) is 10.6 Å². The van der Waals surface area contributed by atoms with E-state index in [2.05, 4.69) is 31.2 Å². The highest BCUT2D eigenvalue weighted by Gasteiger charge is 2.13. The van der Waals surface area contributed by atoms with Crippen molar-refractivity contribution in [2.45, 2.75) is 0 Å². The molecule has 3 rings (SSSR count). The molecule has 2 aromatic heterocycles. The van der Waals surface area contributed by atoms with Gasteiger partial charge in [-0.2, -0.15) is 9.78 Å². The summed E-state index contributed by atoms with van der Waals surface area (Å²) >= 11 is 8.72. The van der Waals surface area contributed by atoms with Crippen molar-refractivity contribution in [3.8, 4) is 23.1 Å². The molecule has 0 radical (unpaired) electrons. The second kappa shape index (κ2) is 7.02. The molecule has 0 fully saturated rings. The molecular weight excluding hydrogens is 396 g/mol. The fraction of sp³-hybridized carbons (Fsp3) is 0.133. The van der Waals surface area contributed by atoms with Crippen LogP contribution in [0.3, 0.4) is 0 Å². The van der Waals surface area contributed by atoms with Gasteiger partial charge in [-0.15, -0.1) is 5.10 Å². The lowest BCUT2D eigenvalue weighted by atomic mass is 10.2. The number of aromatic nitrogens is 3. The van der Waals surface area contributed by atoms with E-state index >= 15 is 0 Å². The fourth-order valence-corrected chi connectivity index (χ4v) is 2.86. The molecule has 0 saturated heterocycles. The van der Waals surface area contributed by atoms with Crippen LogP contribution in [0.1, 0.15) is 5.56 Å². The van der Waals surface area contributed by atoms with E-state index in [0.29, 0.717) is 27.9 Å². The molecule has 0 atom stereocenters. The Hall–Kier alpha value is -2.39. The number of hydrogen-bond acceptors (Lipinski definition) is 6. The van der Waals surface area contributed by atoms with Gasteiger partial charge >= 0.3 is 0 Å². The van der Waals surface area contributed by atoms with Gasteiger partial charge in [0.15, 0.2) is 17.3 Å². The molecule has 9 heteroatoms. The first-order valence-electron chi connectivity index (χ1n) is 6.82. The molecule has 0 unspecified atom stereocenters. The molecule has 0 saturated carbocycles. The topological polar surface area (TPSA) is 77.6 Å². The zero-order valence-electron chi connectivity index (χ0n) is 12.8. The van der Waals surface area contributed by atoms with Gasteiger partial charge in [-0.3, -0.25) is 0 Å². The van der Waals surface area contributed by atoms with Gasteiger partial charge in [-0.1, -0.05) is 0 Å². The zero-order valence-corrected chi connectivity index (χ0v) is 15.2. The third-order valence-corrected chi connectivity index (χ3v) is 4.30. The number of ether oxygens (including phenoxy) is 2. The summed E-state index contributed by atoms with van der Waals surface area (Å²) in [6, 6.07) is 7.20. The van der Waals surface area contributed by atoms with E-state index < -0.39 is 0 Å². The quantitative estimate of drug-likeness (QED) is 0.512. The van der Waals surface area contributed by atoms with Gasteiger partial charge in [-0.05, 0) is 52.4 Å². The van der Waals surface area contributed by atoms with Gasteiger partial charge in [0.25, 0.3) is 0 Å². The number of methoxy groups -OCH3 is 2. The number of benzene rings is 1. The summed E-state index contributed by atoms with van der Waals surface area (Å²) in [6.07, 6.45) is 3.20. The van der Waals surface area contributed by atoms with Crippen molar-refractivity contribution in [1.29, 1.82) is 0 Å². The first-order valence-corrected chi connectivity index (χ1v) is 8.02. The van der Waals surface area contributed by atoms with E-state index in [-0.39, 0.29) is 0 Å². The molecule has 0 aliphatic rings. The van der Waals surface area contributed by atoms with E-state index in [4.69, 9.17) is 26.1 Å². The second-order valence-electron chi connectivity index (χ2n) is 4.59. The summed E-state index contributed by atoms with van der Waals surface area (Å²) in [4.78, 5) is 0. The lowest BCUT2D eigenvalue weighted by molar-refractivity contribution is 0.353. The molecule has 0 spiro atoms. The Balaban J connectivity index is 2.01. The molecule has 124 valence electrons. The minimum Gasteiger partial charge on any atom is -0.493 e. The average Bonchev–Trinajstić information content (AvgIpc) is 3.23. The first-order chi connectivity index (χ1) is 11.7. The van der Waals surface area contributed by atoms with Crippen LogP contribution in [0.2, 0.25) is 0 Å². The van der Waals surface area contributed by atoms with Crippen molar-refractivity contribution < 1.29 is 13.9 Å². The molecular formula is C15H13BrN4O3S. The number of H-pyrrole nitrogens is 1. The Labute approximate surface area is 151 Å². The highest BCUT2D eigenvalue weighted by molar-refractivity contribution is 9.10. The summed E-state index contributed by atoms with van der Waals surface area (Å²) in [5.74, 6) is 2.25. The largest absolute Gasteiger partial charge is 0.493 e. The molecule has 0 amide bonds. The molecule has 1 N–H and O–H groups in total. The van der Waals surface area contributed by atoms with Gasteiger partial charge in [-0.25, -0.2) is 5.10 Å². The third kappa shape index (κ3) is 3.00. The van der Waals surface area contributed by atoms with Crippen molar-refractivity contribution >= 4 is 34.4 Å². The number of hydrogen-bond donors (Lipinski definition) is 1. The predicted octanol–water partition coefficient (Wildman–Crippen LogP) is 3.86. The normalized spacial score (nSPS) is 11.1. The third-order valence-electron chi connectivity index (χ3n) is 3.22. The first kappa shape index (κ1) is 16.5. The number of furan rings is 1. The maximum Gasteiger partial charge on any atom is 0.219 e. The second-order valence-corrected chi connectivity index (χ2v) is 5.77. The van der Waals surface area contributed by atoms with Gasteiger partial charge in [0.05, 0.1) is 31.2 Å². The van der Waals surface area contributed by atoms with Crippen molar-refractivity contribution in [3.05, 3.63) is 45.3 Å². The maximum atomic E-state index is 5.36. The van der Waals surface area contributed by atoms with Crippen LogP contribution < -0.4 is 9.47 Å². The zero-order chi connectivity index (χ0) is 17.1. The van der Waals surface area contributed by atoms with E-state index in [1.165, 1.54) is 4.68 Å². The highest BCUT2D eigenvalue weighted by atomic mass is 79.9. The molecule has 0 aliphatic carbocycles. The van der Waals surface area contributed by atoms with Crippen LogP contribution in [0, 0.1) is 4.77 Å². The van der Waals surface area contributed by atoms with Crippen LogP contribution in [0.4, 0.5) is 0 Å². The number of rotatable bonds is 5. The Kier molecular flexibility index (Phi) is 4.81. The van der Waals surface area contributed by atoms with Crippen LogP contribution in [0.5, 0.6) is 11.5 Å². The van der Waals surface area contributed by atoms with Gasteiger partial charge in [0.1, 0.15) is 0 Å². The van der Waals surface area contributed by atoms with Gasteiger partial charge in [0, 0.05) is 5.56 Å². The Morgan fingerprint density at radius 2 is 2.17 bits per heavy atom. The lowest BCUT2D eigenvalue weighted by Gasteiger charge is -2.10. The van der Waals surface area contributed by atoms with Crippen molar-refractivity contribution in [2.75, 3.05) is 14.2 Å². The molecule has 0 aliphatic heterocycles. The number of halogens is 1. The summed E-state index contributed by atoms with van der Waals surface area (Å²) in [7, 11) is 3.16. The lowest BCUT2D eigenvalue weighted by Crippen LogP contribution is -1.97. The van der Waals surface area contributed by atoms with Gasteiger partial charge < -0.3 is 13.9 Å². The maximum absolute atomic E-state index is 5.36. The van der Waals surface area contributed by atoms with Crippen LogP contribution in [-0.2, 0) is 0 Å². The number of nitrogens with zero attached hydrogens (tertiary/aromatic N) is 3. The number of nitrogens with one attached hydrogen (secondary N) is 1. The number of aromatic amines is 1. The smallest absolute Gasteiger partial charge is 0.219 e. The van der Waals surface area contributed by atoms with E-state index in [1.807, 2.05) is 6.07 Å². The van der Waals surface area contributed by atoms with Crippen LogP contribution in [0.25, 0.3) is 11.6 Å². The molecule has 1 aromatic carbocycles. The highest BCUT2D eigenvalue weighted by Crippen LogP contribution is 2.36. The van der Waals surface area contributed by atoms with Crippen molar-refractivity contribution in [1.82, 2.24) is 14.9 Å². The van der Waals surface area contributed by atoms with E-state index in [0.717, 1.165) is 10.0 Å². The summed E-state index contributed by atoms with van der Waals surface area (Å²) in [5, 5.41) is 11.2. The van der Waals surface area contributed by atoms with E-state index in [9.17, 15) is 0 Å². The predicted molar refractivity (Wildman–Crippen MR) is 95.4 cm³/mol. The summed E-state index contributed by atoms with van der Waals surface area (Å²) < 4.78 is 18.5. The minimum atomic E-state index is 0.356. The summed E-state index contributed by atoms with van der Waals surface area (Å²) in [6.45, 7) is 0. The Morgan fingerprint density at radius 1 is 1.33 bits per heavy atom. The van der Waals surface area contributed by atoms with Crippen molar-refractivity contribution in [3.63, 3.8) is 0 Å². The molecule has 7 nitrogen and oxygen atoms in total. The standard InChI is InChI=1S/C15H13BrN4O3S/c1-21-10-6-5-9(12(16)13(10)22-2)8-17-20-14(18-19-15(20)24)11-4-3-7-23-11/h3-8H,1-2H3,(H,19,24)/b17-8-. The SMILES string of the molecule is COc1ccc(/C=N\n2c(-c3ccco3)n[nH]c2=S)c(Br)c1OC. The fourth-order valence-electron chi connectivity index (χ4n) is 2.09. The Bertz CT molecular complexity index is 931. The molecule has 0 bridgehead atoms. The van der Waals surface area contributed by atoms with Crippen LogP contribution >= 0.6 is 28.1 Å².